The lowest BCUT2D eigenvalue weighted by Crippen LogP contribution is -2.44. The number of hydrogen-bond donors (Lipinski definition) is 0. The summed E-state index contributed by atoms with van der Waals surface area (Å²) >= 11 is 4.33. The highest BCUT2D eigenvalue weighted by molar-refractivity contribution is 9.10. The van der Waals surface area contributed by atoms with E-state index >= 15 is 0 Å². The second-order valence-electron chi connectivity index (χ2n) is 9.78. The molecule has 3 amide bonds. The van der Waals surface area contributed by atoms with Crippen molar-refractivity contribution < 1.29 is 19.1 Å². The van der Waals surface area contributed by atoms with Gasteiger partial charge in [-0.15, -0.1) is 0 Å². The third kappa shape index (κ3) is 6.15. The van der Waals surface area contributed by atoms with Crippen LogP contribution in [-0.2, 0) is 16.2 Å². The van der Waals surface area contributed by atoms with Crippen LogP contribution in [0.1, 0.15) is 41.8 Å². The number of carbonyl (C=O) groups is 3. The Morgan fingerprint density at radius 1 is 1.00 bits per heavy atom. The highest BCUT2D eigenvalue weighted by Gasteiger charge is 2.37. The van der Waals surface area contributed by atoms with E-state index in [2.05, 4.69) is 20.5 Å². The second-order valence-corrected chi connectivity index (χ2v) is 11.7. The molecule has 2 fully saturated rings. The number of amides is 3. The molecular weight excluding hydrogens is 578 g/mol. The fourth-order valence-electron chi connectivity index (χ4n) is 4.93. The minimum atomic E-state index is -0.410. The first-order chi connectivity index (χ1) is 18.8. The van der Waals surface area contributed by atoms with E-state index in [0.29, 0.717) is 24.6 Å². The monoisotopic (exact) mass is 607 g/mol. The molecule has 0 saturated carbocycles. The number of rotatable bonds is 7. The van der Waals surface area contributed by atoms with Gasteiger partial charge in [0.2, 0.25) is 5.91 Å². The summed E-state index contributed by atoms with van der Waals surface area (Å²) < 4.78 is 9.08. The molecule has 202 valence electrons. The van der Waals surface area contributed by atoms with Crippen LogP contribution >= 0.6 is 27.7 Å². The van der Waals surface area contributed by atoms with Gasteiger partial charge in [-0.05, 0) is 105 Å². The van der Waals surface area contributed by atoms with Gasteiger partial charge in [-0.25, -0.2) is 0 Å². The molecule has 7 nitrogen and oxygen atoms in total. The Hall–Kier alpha value is -3.30. The van der Waals surface area contributed by atoms with E-state index in [1.807, 2.05) is 68.4 Å². The average molecular weight is 609 g/mol. The molecule has 9 heteroatoms. The molecule has 3 aromatic rings. The molecule has 3 heterocycles. The number of carbonyl (C=O) groups excluding carboxylic acids is 3. The standard InChI is InChI=1S/C30H30BrN3O4S/c1-20-16-23(17-27-29(36)33(30(37)39-27)18-28(35)32-14-4-3-5-15-32)21(2)34(20)25-10-12-26(13-11-25)38-19-22-6-8-24(31)9-7-22/h6-13,16-17H,3-5,14-15,18-19H2,1-2H3/b27-17-. The van der Waals surface area contributed by atoms with Crippen LogP contribution in [-0.4, -0.2) is 51.1 Å². The van der Waals surface area contributed by atoms with Gasteiger partial charge >= 0.3 is 0 Å². The number of ether oxygens (including phenoxy) is 1. The summed E-state index contributed by atoms with van der Waals surface area (Å²) in [5.41, 5.74) is 4.87. The molecule has 5 rings (SSSR count). The smallest absolute Gasteiger partial charge is 0.294 e. The van der Waals surface area contributed by atoms with E-state index in [1.54, 1.807) is 11.0 Å². The number of benzene rings is 2. The van der Waals surface area contributed by atoms with Crippen molar-refractivity contribution in [1.29, 1.82) is 0 Å². The average Bonchev–Trinajstić information content (AvgIpc) is 3.37. The number of likely N-dealkylation sites (tertiary alicyclic amines) is 1. The number of thioether (sulfide) groups is 1. The Labute approximate surface area is 240 Å². The first kappa shape index (κ1) is 27.3. The van der Waals surface area contributed by atoms with Gasteiger partial charge in [-0.1, -0.05) is 28.1 Å². The predicted octanol–water partition coefficient (Wildman–Crippen LogP) is 6.48. The highest BCUT2D eigenvalue weighted by atomic mass is 79.9. The SMILES string of the molecule is Cc1cc(/C=C2\SC(=O)N(CC(=O)N3CCCCC3)C2=O)c(C)n1-c1ccc(OCc2ccc(Br)cc2)cc1. The maximum atomic E-state index is 13.1. The number of imide groups is 1. The molecule has 0 radical (unpaired) electrons. The van der Waals surface area contributed by atoms with Crippen LogP contribution in [0.3, 0.4) is 0 Å². The molecule has 0 atom stereocenters. The van der Waals surface area contributed by atoms with Gasteiger partial charge < -0.3 is 14.2 Å². The Morgan fingerprint density at radius 2 is 1.69 bits per heavy atom. The normalized spacial score (nSPS) is 16.8. The minimum absolute atomic E-state index is 0.166. The molecule has 2 aromatic carbocycles. The number of piperidine rings is 1. The molecule has 0 N–H and O–H groups in total. The number of aryl methyl sites for hydroxylation is 1. The molecule has 2 saturated heterocycles. The fourth-order valence-corrected chi connectivity index (χ4v) is 6.02. The fraction of sp³-hybridized carbons (Fsp3) is 0.300. The third-order valence-electron chi connectivity index (χ3n) is 7.05. The molecule has 0 bridgehead atoms. The summed E-state index contributed by atoms with van der Waals surface area (Å²) in [6.07, 6.45) is 4.79. The van der Waals surface area contributed by atoms with Crippen LogP contribution in [0.25, 0.3) is 11.8 Å². The molecule has 0 unspecified atom stereocenters. The first-order valence-electron chi connectivity index (χ1n) is 13.0. The molecule has 1 aromatic heterocycles. The molecule has 2 aliphatic rings. The molecule has 39 heavy (non-hydrogen) atoms. The Morgan fingerprint density at radius 3 is 2.38 bits per heavy atom. The van der Waals surface area contributed by atoms with Crippen LogP contribution in [0, 0.1) is 13.8 Å². The predicted molar refractivity (Wildman–Crippen MR) is 157 cm³/mol. The van der Waals surface area contributed by atoms with E-state index in [1.165, 1.54) is 0 Å². The van der Waals surface area contributed by atoms with E-state index in [0.717, 1.165) is 74.3 Å². The number of hydrogen-bond acceptors (Lipinski definition) is 5. The summed E-state index contributed by atoms with van der Waals surface area (Å²) in [7, 11) is 0. The molecular formula is C30H30BrN3O4S. The quantitative estimate of drug-likeness (QED) is 0.287. The summed E-state index contributed by atoms with van der Waals surface area (Å²) in [6.45, 7) is 5.66. The summed E-state index contributed by atoms with van der Waals surface area (Å²) in [5, 5.41) is -0.399. The van der Waals surface area contributed by atoms with Crippen LogP contribution in [0.15, 0.2) is 64.0 Å². The van der Waals surface area contributed by atoms with Crippen molar-refractivity contribution in [1.82, 2.24) is 14.4 Å². The molecule has 2 aliphatic heterocycles. The zero-order valence-corrected chi connectivity index (χ0v) is 24.4. The summed E-state index contributed by atoms with van der Waals surface area (Å²) in [5.74, 6) is 0.199. The Bertz CT molecular complexity index is 1420. The lowest BCUT2D eigenvalue weighted by molar-refractivity contribution is -0.136. The van der Waals surface area contributed by atoms with Crippen LogP contribution in [0.2, 0.25) is 0 Å². The zero-order valence-electron chi connectivity index (χ0n) is 22.0. The maximum Gasteiger partial charge on any atom is 0.294 e. The van der Waals surface area contributed by atoms with Crippen molar-refractivity contribution in [2.45, 2.75) is 39.7 Å². The van der Waals surface area contributed by atoms with Gasteiger partial charge in [0, 0.05) is 34.6 Å². The highest BCUT2D eigenvalue weighted by Crippen LogP contribution is 2.34. The summed E-state index contributed by atoms with van der Waals surface area (Å²) in [4.78, 5) is 41.5. The molecule has 0 aliphatic carbocycles. The van der Waals surface area contributed by atoms with Gasteiger partial charge in [0.1, 0.15) is 18.9 Å². The van der Waals surface area contributed by atoms with Crippen molar-refractivity contribution in [2.75, 3.05) is 19.6 Å². The largest absolute Gasteiger partial charge is 0.489 e. The van der Waals surface area contributed by atoms with Crippen molar-refractivity contribution in [2.24, 2.45) is 0 Å². The van der Waals surface area contributed by atoms with Gasteiger partial charge in [0.05, 0.1) is 4.91 Å². The number of nitrogens with zero attached hydrogens (tertiary/aromatic N) is 3. The topological polar surface area (TPSA) is 71.9 Å². The van der Waals surface area contributed by atoms with Crippen molar-refractivity contribution in [3.05, 3.63) is 86.5 Å². The van der Waals surface area contributed by atoms with Crippen molar-refractivity contribution in [3.63, 3.8) is 0 Å². The Balaban J connectivity index is 1.28. The van der Waals surface area contributed by atoms with Crippen LogP contribution in [0.5, 0.6) is 5.75 Å². The van der Waals surface area contributed by atoms with Gasteiger partial charge in [-0.2, -0.15) is 0 Å². The third-order valence-corrected chi connectivity index (χ3v) is 8.48. The first-order valence-corrected chi connectivity index (χ1v) is 14.6. The van der Waals surface area contributed by atoms with E-state index in [-0.39, 0.29) is 12.5 Å². The maximum absolute atomic E-state index is 13.1. The van der Waals surface area contributed by atoms with Crippen LogP contribution < -0.4 is 4.74 Å². The van der Waals surface area contributed by atoms with Crippen LogP contribution in [0.4, 0.5) is 4.79 Å². The van der Waals surface area contributed by atoms with E-state index < -0.39 is 11.1 Å². The Kier molecular flexibility index (Phi) is 8.28. The van der Waals surface area contributed by atoms with Gasteiger partial charge in [0.25, 0.3) is 11.1 Å². The number of aromatic nitrogens is 1. The van der Waals surface area contributed by atoms with E-state index in [4.69, 9.17) is 4.74 Å². The van der Waals surface area contributed by atoms with Gasteiger partial charge in [0.15, 0.2) is 0 Å². The molecule has 0 spiro atoms. The lowest BCUT2D eigenvalue weighted by Gasteiger charge is -2.27. The van der Waals surface area contributed by atoms with E-state index in [9.17, 15) is 14.4 Å². The van der Waals surface area contributed by atoms with Gasteiger partial charge in [-0.3, -0.25) is 19.3 Å². The van der Waals surface area contributed by atoms with Crippen molar-refractivity contribution >= 4 is 50.8 Å². The summed E-state index contributed by atoms with van der Waals surface area (Å²) in [6, 6.07) is 17.9. The zero-order chi connectivity index (χ0) is 27.5. The number of halogens is 1. The minimum Gasteiger partial charge on any atom is -0.489 e. The van der Waals surface area contributed by atoms with Crippen molar-refractivity contribution in [3.8, 4) is 11.4 Å². The second kappa shape index (κ2) is 11.8. The lowest BCUT2D eigenvalue weighted by atomic mass is 10.1.